The Morgan fingerprint density at radius 1 is 1.50 bits per heavy atom. The highest BCUT2D eigenvalue weighted by Crippen LogP contribution is 2.23. The number of fused-ring (bicyclic) bond motifs is 1. The molecule has 0 bridgehead atoms. The average molecular weight is 295 g/mol. The van der Waals surface area contributed by atoms with E-state index in [0.717, 1.165) is 0 Å². The molecule has 1 fully saturated rings. The third-order valence-electron chi connectivity index (χ3n) is 3.50. The Bertz CT molecular complexity index is 686. The number of hydrogen-bond acceptors (Lipinski definition) is 4. The normalized spacial score (nSPS) is 22.5. The Hall–Kier alpha value is -1.43. The van der Waals surface area contributed by atoms with Crippen LogP contribution in [0.1, 0.15) is 13.0 Å². The number of nitrogens with zero attached hydrogens (tertiary/aromatic N) is 2. The van der Waals surface area contributed by atoms with E-state index in [-0.39, 0.29) is 17.7 Å². The lowest BCUT2D eigenvalue weighted by Gasteiger charge is -2.20. The summed E-state index contributed by atoms with van der Waals surface area (Å²) in [7, 11) is 0. The quantitative estimate of drug-likeness (QED) is 0.869. The van der Waals surface area contributed by atoms with Crippen LogP contribution in [-0.2, 0) is 9.47 Å². The zero-order chi connectivity index (χ0) is 14.1. The molecule has 2 aromatic rings. The smallest absolute Gasteiger partial charge is 0.263 e. The maximum Gasteiger partial charge on any atom is 0.263 e. The van der Waals surface area contributed by atoms with Crippen LogP contribution in [-0.4, -0.2) is 35.5 Å². The van der Waals surface area contributed by atoms with Crippen molar-refractivity contribution in [3.63, 3.8) is 0 Å². The molecule has 1 aliphatic heterocycles. The molecule has 2 heterocycles. The van der Waals surface area contributed by atoms with Crippen LogP contribution in [0.5, 0.6) is 0 Å². The van der Waals surface area contributed by atoms with Gasteiger partial charge in [-0.25, -0.2) is 4.98 Å². The van der Waals surface area contributed by atoms with E-state index in [1.165, 1.54) is 0 Å². The maximum atomic E-state index is 12.6. The van der Waals surface area contributed by atoms with Crippen molar-refractivity contribution in [1.82, 2.24) is 9.55 Å². The van der Waals surface area contributed by atoms with Gasteiger partial charge in [0, 0.05) is 6.61 Å². The molecule has 0 N–H and O–H groups in total. The van der Waals surface area contributed by atoms with Crippen molar-refractivity contribution in [3.05, 3.63) is 39.9 Å². The number of ether oxygens (including phenoxy) is 2. The highest BCUT2D eigenvalue weighted by Gasteiger charge is 2.31. The zero-order valence-corrected chi connectivity index (χ0v) is 11.8. The van der Waals surface area contributed by atoms with Gasteiger partial charge >= 0.3 is 0 Å². The summed E-state index contributed by atoms with van der Waals surface area (Å²) < 4.78 is 12.6. The lowest BCUT2D eigenvalue weighted by Crippen LogP contribution is -2.33. The minimum atomic E-state index is -0.157. The Morgan fingerprint density at radius 3 is 3.15 bits per heavy atom. The van der Waals surface area contributed by atoms with Gasteiger partial charge in [-0.1, -0.05) is 17.7 Å². The largest absolute Gasteiger partial charge is 0.376 e. The molecule has 0 saturated carbocycles. The fourth-order valence-corrected chi connectivity index (χ4v) is 2.78. The first-order valence-electron chi connectivity index (χ1n) is 6.57. The van der Waals surface area contributed by atoms with Crippen molar-refractivity contribution in [2.45, 2.75) is 19.1 Å². The Balaban J connectivity index is 2.11. The van der Waals surface area contributed by atoms with Crippen LogP contribution < -0.4 is 5.56 Å². The predicted octanol–water partition coefficient (Wildman–Crippen LogP) is 2.03. The molecule has 0 aliphatic carbocycles. The van der Waals surface area contributed by atoms with E-state index in [2.05, 4.69) is 4.98 Å². The van der Waals surface area contributed by atoms with E-state index in [9.17, 15) is 4.79 Å². The maximum absolute atomic E-state index is 12.6. The molecule has 1 aliphatic rings. The second kappa shape index (κ2) is 5.52. The molecule has 0 spiro atoms. The van der Waals surface area contributed by atoms with Gasteiger partial charge < -0.3 is 9.47 Å². The van der Waals surface area contributed by atoms with Crippen molar-refractivity contribution in [3.8, 4) is 0 Å². The van der Waals surface area contributed by atoms with E-state index in [0.29, 0.717) is 35.7 Å². The van der Waals surface area contributed by atoms with Crippen LogP contribution in [0, 0.1) is 0 Å². The molecular formula is C14H15ClN2O3. The van der Waals surface area contributed by atoms with Gasteiger partial charge in [0.1, 0.15) is 6.10 Å². The van der Waals surface area contributed by atoms with Crippen LogP contribution in [0.25, 0.3) is 10.9 Å². The van der Waals surface area contributed by atoms with Crippen LogP contribution in [0.4, 0.5) is 0 Å². The first kappa shape index (κ1) is 13.5. The van der Waals surface area contributed by atoms with Gasteiger partial charge in [0.05, 0.1) is 41.5 Å². The minimum Gasteiger partial charge on any atom is -0.376 e. The van der Waals surface area contributed by atoms with E-state index < -0.39 is 0 Å². The SMILES string of the molecule is CCO[C@H]1COC[C@@H]1n1cnc2cccc(Cl)c2c1=O. The number of halogens is 1. The topological polar surface area (TPSA) is 53.4 Å². The van der Waals surface area contributed by atoms with Gasteiger partial charge in [-0.15, -0.1) is 0 Å². The molecule has 1 aromatic carbocycles. The Morgan fingerprint density at radius 2 is 2.35 bits per heavy atom. The second-order valence-electron chi connectivity index (χ2n) is 4.69. The van der Waals surface area contributed by atoms with Crippen LogP contribution >= 0.6 is 11.6 Å². The van der Waals surface area contributed by atoms with Crippen LogP contribution in [0.2, 0.25) is 5.02 Å². The fraction of sp³-hybridized carbons (Fsp3) is 0.429. The highest BCUT2D eigenvalue weighted by atomic mass is 35.5. The Labute approximate surface area is 121 Å². The third-order valence-corrected chi connectivity index (χ3v) is 3.81. The summed E-state index contributed by atoms with van der Waals surface area (Å²) >= 11 is 6.12. The summed E-state index contributed by atoms with van der Waals surface area (Å²) in [5.41, 5.74) is 0.450. The number of hydrogen-bond donors (Lipinski definition) is 0. The minimum absolute atomic E-state index is 0.126. The molecular weight excluding hydrogens is 280 g/mol. The summed E-state index contributed by atoms with van der Waals surface area (Å²) in [4.78, 5) is 16.9. The van der Waals surface area contributed by atoms with Crippen molar-refractivity contribution in [2.24, 2.45) is 0 Å². The number of rotatable bonds is 3. The summed E-state index contributed by atoms with van der Waals surface area (Å²) in [5.74, 6) is 0. The number of benzene rings is 1. The summed E-state index contributed by atoms with van der Waals surface area (Å²) in [5, 5.41) is 0.861. The first-order valence-corrected chi connectivity index (χ1v) is 6.95. The van der Waals surface area contributed by atoms with E-state index in [1.54, 1.807) is 29.1 Å². The molecule has 3 rings (SSSR count). The predicted molar refractivity (Wildman–Crippen MR) is 76.3 cm³/mol. The molecule has 5 nitrogen and oxygen atoms in total. The van der Waals surface area contributed by atoms with Gasteiger partial charge in [0.15, 0.2) is 0 Å². The summed E-state index contributed by atoms with van der Waals surface area (Å²) in [6.07, 6.45) is 1.42. The van der Waals surface area contributed by atoms with Gasteiger partial charge in [0.25, 0.3) is 5.56 Å². The molecule has 1 aromatic heterocycles. The van der Waals surface area contributed by atoms with E-state index >= 15 is 0 Å². The van der Waals surface area contributed by atoms with Gasteiger partial charge in [-0.2, -0.15) is 0 Å². The molecule has 20 heavy (non-hydrogen) atoms. The molecule has 106 valence electrons. The van der Waals surface area contributed by atoms with Crippen molar-refractivity contribution >= 4 is 22.5 Å². The average Bonchev–Trinajstić information content (AvgIpc) is 2.88. The highest BCUT2D eigenvalue weighted by molar-refractivity contribution is 6.35. The van der Waals surface area contributed by atoms with Gasteiger partial charge in [0.2, 0.25) is 0 Å². The van der Waals surface area contributed by atoms with Crippen molar-refractivity contribution in [2.75, 3.05) is 19.8 Å². The zero-order valence-electron chi connectivity index (χ0n) is 11.1. The van der Waals surface area contributed by atoms with Crippen molar-refractivity contribution < 1.29 is 9.47 Å². The third kappa shape index (κ3) is 2.22. The monoisotopic (exact) mass is 294 g/mol. The van der Waals surface area contributed by atoms with E-state index in [1.807, 2.05) is 6.92 Å². The molecule has 6 heteroatoms. The molecule has 1 saturated heterocycles. The molecule has 2 atom stereocenters. The first-order chi connectivity index (χ1) is 9.72. The fourth-order valence-electron chi connectivity index (χ4n) is 2.53. The lowest BCUT2D eigenvalue weighted by molar-refractivity contribution is 0.0356. The van der Waals surface area contributed by atoms with Gasteiger partial charge in [-0.05, 0) is 19.1 Å². The molecule has 0 unspecified atom stereocenters. The Kier molecular flexibility index (Phi) is 3.74. The summed E-state index contributed by atoms with van der Waals surface area (Å²) in [6.45, 7) is 3.45. The number of aromatic nitrogens is 2. The summed E-state index contributed by atoms with van der Waals surface area (Å²) in [6, 6.07) is 5.10. The van der Waals surface area contributed by atoms with Crippen molar-refractivity contribution in [1.29, 1.82) is 0 Å². The van der Waals surface area contributed by atoms with Crippen LogP contribution in [0.15, 0.2) is 29.3 Å². The van der Waals surface area contributed by atoms with Crippen LogP contribution in [0.3, 0.4) is 0 Å². The lowest BCUT2D eigenvalue weighted by atomic mass is 10.2. The van der Waals surface area contributed by atoms with Gasteiger partial charge in [-0.3, -0.25) is 9.36 Å². The van der Waals surface area contributed by atoms with E-state index in [4.69, 9.17) is 21.1 Å². The second-order valence-corrected chi connectivity index (χ2v) is 5.10. The standard InChI is InChI=1S/C14H15ClN2O3/c1-2-20-12-7-19-6-11(12)17-8-16-10-5-3-4-9(15)13(10)14(17)18/h3-5,8,11-12H,2,6-7H2,1H3/t11-,12-/m0/s1. The molecule has 0 amide bonds. The molecule has 0 radical (unpaired) electrons.